The van der Waals surface area contributed by atoms with Gasteiger partial charge >= 0.3 is 5.97 Å². The highest BCUT2D eigenvalue weighted by Gasteiger charge is 2.49. The van der Waals surface area contributed by atoms with Crippen molar-refractivity contribution in [2.75, 3.05) is 6.61 Å². The minimum absolute atomic E-state index is 0.0230. The smallest absolute Gasteiger partial charge is 0.312 e. The highest BCUT2D eigenvalue weighted by atomic mass is 16.6. The third-order valence-electron chi connectivity index (χ3n) is 5.23. The SMILES string of the molecule is CCC(C)(CCCO)C(=O)OC1(C(C)(C)C)CCCC1. The highest BCUT2D eigenvalue weighted by molar-refractivity contribution is 5.76. The zero-order valence-corrected chi connectivity index (χ0v) is 13.9. The molecule has 0 amide bonds. The Labute approximate surface area is 124 Å². The third-order valence-corrected chi connectivity index (χ3v) is 5.23. The number of hydrogen-bond acceptors (Lipinski definition) is 3. The molecule has 1 atom stereocenters. The van der Waals surface area contributed by atoms with Crippen LogP contribution in [-0.2, 0) is 9.53 Å². The largest absolute Gasteiger partial charge is 0.458 e. The zero-order chi connectivity index (χ0) is 15.4. The number of esters is 1. The minimum Gasteiger partial charge on any atom is -0.458 e. The van der Waals surface area contributed by atoms with Gasteiger partial charge in [0.15, 0.2) is 0 Å². The normalized spacial score (nSPS) is 21.5. The van der Waals surface area contributed by atoms with E-state index < -0.39 is 5.41 Å². The molecule has 0 saturated heterocycles. The van der Waals surface area contributed by atoms with Crippen molar-refractivity contribution < 1.29 is 14.6 Å². The Balaban J connectivity index is 2.85. The Bertz CT molecular complexity index is 324. The van der Waals surface area contributed by atoms with Crippen LogP contribution in [0.1, 0.15) is 79.6 Å². The molecule has 0 bridgehead atoms. The average Bonchev–Trinajstić information content (AvgIpc) is 2.85. The number of aliphatic hydroxyl groups excluding tert-OH is 1. The predicted octanol–water partition coefficient (Wildman–Crippen LogP) is 4.08. The van der Waals surface area contributed by atoms with E-state index in [1.807, 2.05) is 13.8 Å². The summed E-state index contributed by atoms with van der Waals surface area (Å²) in [7, 11) is 0. The molecular weight excluding hydrogens is 252 g/mol. The van der Waals surface area contributed by atoms with Crippen LogP contribution in [-0.4, -0.2) is 23.3 Å². The molecule has 1 fully saturated rings. The summed E-state index contributed by atoms with van der Waals surface area (Å²) < 4.78 is 6.10. The first-order valence-corrected chi connectivity index (χ1v) is 8.05. The fraction of sp³-hybridized carbons (Fsp3) is 0.941. The van der Waals surface area contributed by atoms with E-state index in [2.05, 4.69) is 20.8 Å². The highest BCUT2D eigenvalue weighted by Crippen LogP contribution is 2.47. The first-order valence-electron chi connectivity index (χ1n) is 8.05. The Kier molecular flexibility index (Phi) is 5.65. The summed E-state index contributed by atoms with van der Waals surface area (Å²) in [4.78, 5) is 12.7. The minimum atomic E-state index is -0.469. The van der Waals surface area contributed by atoms with Crippen LogP contribution in [0.3, 0.4) is 0 Å². The molecule has 1 rings (SSSR count). The molecule has 0 aromatic carbocycles. The molecule has 118 valence electrons. The monoisotopic (exact) mass is 284 g/mol. The summed E-state index contributed by atoms with van der Waals surface area (Å²) in [6.07, 6.45) is 6.34. The van der Waals surface area contributed by atoms with Gasteiger partial charge in [-0.3, -0.25) is 4.79 Å². The van der Waals surface area contributed by atoms with Gasteiger partial charge in [0.05, 0.1) is 5.41 Å². The van der Waals surface area contributed by atoms with Crippen molar-refractivity contribution in [2.45, 2.75) is 85.2 Å². The molecule has 3 heteroatoms. The van der Waals surface area contributed by atoms with Gasteiger partial charge in [-0.15, -0.1) is 0 Å². The number of carbonyl (C=O) groups excluding carboxylic acids is 1. The first-order chi connectivity index (χ1) is 9.21. The summed E-state index contributed by atoms with van der Waals surface area (Å²) >= 11 is 0. The van der Waals surface area contributed by atoms with E-state index in [-0.39, 0.29) is 23.6 Å². The van der Waals surface area contributed by atoms with Gasteiger partial charge < -0.3 is 9.84 Å². The van der Waals surface area contributed by atoms with E-state index in [1.165, 1.54) is 0 Å². The maximum atomic E-state index is 12.7. The lowest BCUT2D eigenvalue weighted by atomic mass is 9.74. The van der Waals surface area contributed by atoms with Gasteiger partial charge in [0.2, 0.25) is 0 Å². The van der Waals surface area contributed by atoms with Gasteiger partial charge in [-0.2, -0.15) is 0 Å². The summed E-state index contributed by atoms with van der Waals surface area (Å²) in [6.45, 7) is 10.6. The third kappa shape index (κ3) is 3.55. The molecule has 0 aromatic heterocycles. The molecule has 0 radical (unpaired) electrons. The van der Waals surface area contributed by atoms with Crippen LogP contribution in [0, 0.1) is 10.8 Å². The van der Waals surface area contributed by atoms with Crippen LogP contribution in [0.4, 0.5) is 0 Å². The lowest BCUT2D eigenvalue weighted by Crippen LogP contribution is -2.47. The summed E-state index contributed by atoms with van der Waals surface area (Å²) in [5.74, 6) is -0.0784. The summed E-state index contributed by atoms with van der Waals surface area (Å²) in [5.41, 5.74) is -0.798. The Morgan fingerprint density at radius 2 is 1.75 bits per heavy atom. The van der Waals surface area contributed by atoms with E-state index in [1.54, 1.807) is 0 Å². The van der Waals surface area contributed by atoms with E-state index in [4.69, 9.17) is 9.84 Å². The quantitative estimate of drug-likeness (QED) is 0.748. The summed E-state index contributed by atoms with van der Waals surface area (Å²) in [5, 5.41) is 9.02. The van der Waals surface area contributed by atoms with Gasteiger partial charge in [-0.25, -0.2) is 0 Å². The Hall–Kier alpha value is -0.570. The summed E-state index contributed by atoms with van der Waals surface area (Å²) in [6, 6.07) is 0. The van der Waals surface area contributed by atoms with E-state index in [0.717, 1.165) is 32.1 Å². The van der Waals surface area contributed by atoms with E-state index in [0.29, 0.717) is 12.8 Å². The molecule has 1 unspecified atom stereocenters. The second-order valence-corrected chi connectivity index (χ2v) is 7.58. The maximum Gasteiger partial charge on any atom is 0.312 e. The van der Waals surface area contributed by atoms with Crippen LogP contribution < -0.4 is 0 Å². The van der Waals surface area contributed by atoms with Crippen molar-refractivity contribution in [1.82, 2.24) is 0 Å². The molecule has 1 aliphatic carbocycles. The number of rotatable bonds is 6. The number of carbonyl (C=O) groups is 1. The molecule has 0 spiro atoms. The molecule has 1 aliphatic rings. The van der Waals surface area contributed by atoms with Crippen molar-refractivity contribution in [1.29, 1.82) is 0 Å². The Morgan fingerprint density at radius 1 is 1.20 bits per heavy atom. The molecule has 0 aliphatic heterocycles. The Morgan fingerprint density at radius 3 is 2.15 bits per heavy atom. The second kappa shape index (κ2) is 6.46. The lowest BCUT2D eigenvalue weighted by molar-refractivity contribution is -0.184. The van der Waals surface area contributed by atoms with Gasteiger partial charge in [-0.1, -0.05) is 27.7 Å². The first kappa shape index (κ1) is 17.5. The van der Waals surface area contributed by atoms with Crippen LogP contribution in [0.15, 0.2) is 0 Å². The van der Waals surface area contributed by atoms with Gasteiger partial charge in [0, 0.05) is 12.0 Å². The molecule has 1 N–H and O–H groups in total. The number of aliphatic hydroxyl groups is 1. The van der Waals surface area contributed by atoms with E-state index >= 15 is 0 Å². The lowest BCUT2D eigenvalue weighted by Gasteiger charge is -2.43. The molecule has 0 aromatic rings. The number of hydrogen-bond donors (Lipinski definition) is 1. The van der Waals surface area contributed by atoms with Crippen LogP contribution in [0.5, 0.6) is 0 Å². The maximum absolute atomic E-state index is 12.7. The van der Waals surface area contributed by atoms with Crippen molar-refractivity contribution >= 4 is 5.97 Å². The molecule has 0 heterocycles. The molecule has 3 nitrogen and oxygen atoms in total. The van der Waals surface area contributed by atoms with Crippen molar-refractivity contribution in [3.8, 4) is 0 Å². The van der Waals surface area contributed by atoms with E-state index in [9.17, 15) is 4.79 Å². The van der Waals surface area contributed by atoms with Crippen molar-refractivity contribution in [3.05, 3.63) is 0 Å². The van der Waals surface area contributed by atoms with Crippen LogP contribution in [0.2, 0.25) is 0 Å². The average molecular weight is 284 g/mol. The topological polar surface area (TPSA) is 46.5 Å². The fourth-order valence-corrected chi connectivity index (χ4v) is 3.14. The van der Waals surface area contributed by atoms with Gasteiger partial charge in [-0.05, 0) is 51.9 Å². The number of ether oxygens (including phenoxy) is 1. The second-order valence-electron chi connectivity index (χ2n) is 7.58. The molecule has 1 saturated carbocycles. The molecule has 20 heavy (non-hydrogen) atoms. The standard InChI is InChI=1S/C17H32O3/c1-6-16(5,10-9-13-18)14(19)20-17(15(2,3)4)11-7-8-12-17/h18H,6-13H2,1-5H3. The van der Waals surface area contributed by atoms with Crippen molar-refractivity contribution in [3.63, 3.8) is 0 Å². The molecular formula is C17H32O3. The van der Waals surface area contributed by atoms with Crippen LogP contribution >= 0.6 is 0 Å². The fourth-order valence-electron chi connectivity index (χ4n) is 3.14. The van der Waals surface area contributed by atoms with Crippen LogP contribution in [0.25, 0.3) is 0 Å². The zero-order valence-electron chi connectivity index (χ0n) is 13.9. The predicted molar refractivity (Wildman–Crippen MR) is 81.5 cm³/mol. The van der Waals surface area contributed by atoms with Crippen molar-refractivity contribution in [2.24, 2.45) is 10.8 Å². The van der Waals surface area contributed by atoms with Gasteiger partial charge in [0.25, 0.3) is 0 Å². The van der Waals surface area contributed by atoms with Gasteiger partial charge in [0.1, 0.15) is 5.60 Å².